The monoisotopic (exact) mass is 373 g/mol. The number of rotatable bonds is 4. The number of nitrogens with one attached hydrogen (secondary N) is 1. The average Bonchev–Trinajstić information content (AvgIpc) is 2.92. The molecule has 3 amide bonds. The van der Waals surface area contributed by atoms with Crippen molar-refractivity contribution in [1.82, 2.24) is 10.2 Å². The molecule has 0 aliphatic carbocycles. The summed E-state index contributed by atoms with van der Waals surface area (Å²) >= 11 is 0. The zero-order chi connectivity index (χ0) is 19.4. The molecule has 0 aromatic heterocycles. The van der Waals surface area contributed by atoms with E-state index in [9.17, 15) is 14.4 Å². The molecule has 2 aliphatic heterocycles. The molecule has 7 heteroatoms. The third kappa shape index (κ3) is 4.59. The van der Waals surface area contributed by atoms with Gasteiger partial charge in [0.25, 0.3) is 11.8 Å². The summed E-state index contributed by atoms with van der Waals surface area (Å²) in [6, 6.07) is 5.10. The lowest BCUT2D eigenvalue weighted by Gasteiger charge is -2.30. The van der Waals surface area contributed by atoms with Gasteiger partial charge in [-0.05, 0) is 44.9 Å². The third-order valence-electron chi connectivity index (χ3n) is 4.79. The zero-order valence-corrected chi connectivity index (χ0v) is 16.0. The van der Waals surface area contributed by atoms with Gasteiger partial charge < -0.3 is 15.0 Å². The smallest absolute Gasteiger partial charge is 0.265 e. The molecule has 3 rings (SSSR count). The van der Waals surface area contributed by atoms with E-state index in [1.54, 1.807) is 18.2 Å². The molecule has 0 atom stereocenters. The molecule has 1 saturated heterocycles. The summed E-state index contributed by atoms with van der Waals surface area (Å²) in [5.74, 6) is -0.0557. The molecule has 7 nitrogen and oxygen atoms in total. The average molecular weight is 373 g/mol. The highest BCUT2D eigenvalue weighted by molar-refractivity contribution is 6.04. The van der Waals surface area contributed by atoms with Crippen LogP contribution in [0.4, 0.5) is 5.69 Å². The van der Waals surface area contributed by atoms with Gasteiger partial charge in [-0.15, -0.1) is 0 Å². The van der Waals surface area contributed by atoms with Crippen molar-refractivity contribution < 1.29 is 19.1 Å². The molecular weight excluding hydrogens is 346 g/mol. The second-order valence-electron chi connectivity index (χ2n) is 7.38. The summed E-state index contributed by atoms with van der Waals surface area (Å²) in [5, 5.41) is 2.79. The van der Waals surface area contributed by atoms with Gasteiger partial charge in [-0.1, -0.05) is 12.8 Å². The van der Waals surface area contributed by atoms with Crippen LogP contribution >= 0.6 is 0 Å². The standard InChI is InChI=1S/C20H27N3O4/c1-14(2)21-18(24)12-23-16-11-15(7-8-17(16)27-13-19(23)25)20(26)22-9-5-3-4-6-10-22/h7-8,11,14H,3-6,9-10,12-13H2,1-2H3,(H,21,24). The summed E-state index contributed by atoms with van der Waals surface area (Å²) in [7, 11) is 0. The van der Waals surface area contributed by atoms with Crippen LogP contribution < -0.4 is 15.0 Å². The van der Waals surface area contributed by atoms with Crippen molar-refractivity contribution in [3.8, 4) is 5.75 Å². The lowest BCUT2D eigenvalue weighted by atomic mass is 10.1. The maximum absolute atomic E-state index is 12.9. The van der Waals surface area contributed by atoms with Crippen molar-refractivity contribution in [2.45, 2.75) is 45.6 Å². The molecule has 27 heavy (non-hydrogen) atoms. The van der Waals surface area contributed by atoms with Gasteiger partial charge in [0.05, 0.1) is 5.69 Å². The second kappa shape index (κ2) is 8.41. The van der Waals surface area contributed by atoms with E-state index >= 15 is 0 Å². The largest absolute Gasteiger partial charge is 0.482 e. The molecule has 1 aromatic rings. The lowest BCUT2D eigenvalue weighted by molar-refractivity contribution is -0.125. The maximum Gasteiger partial charge on any atom is 0.265 e. The van der Waals surface area contributed by atoms with Crippen LogP contribution in [-0.2, 0) is 9.59 Å². The molecule has 0 unspecified atom stereocenters. The predicted molar refractivity (Wildman–Crippen MR) is 102 cm³/mol. The predicted octanol–water partition coefficient (Wildman–Crippen LogP) is 1.95. The van der Waals surface area contributed by atoms with Crippen molar-refractivity contribution in [1.29, 1.82) is 0 Å². The molecule has 146 valence electrons. The summed E-state index contributed by atoms with van der Waals surface area (Å²) in [4.78, 5) is 40.7. The highest BCUT2D eigenvalue weighted by atomic mass is 16.5. The Morgan fingerprint density at radius 1 is 1.15 bits per heavy atom. The number of amides is 3. The van der Waals surface area contributed by atoms with Crippen LogP contribution in [-0.4, -0.2) is 54.9 Å². The number of carbonyl (C=O) groups excluding carboxylic acids is 3. The first-order valence-corrected chi connectivity index (χ1v) is 9.61. The number of benzene rings is 1. The van der Waals surface area contributed by atoms with Crippen LogP contribution in [0.3, 0.4) is 0 Å². The summed E-state index contributed by atoms with van der Waals surface area (Å²) in [6.07, 6.45) is 4.32. The third-order valence-corrected chi connectivity index (χ3v) is 4.79. The second-order valence-corrected chi connectivity index (χ2v) is 7.38. The minimum atomic E-state index is -0.291. The number of nitrogens with zero attached hydrogens (tertiary/aromatic N) is 2. The van der Waals surface area contributed by atoms with Crippen molar-refractivity contribution in [2.75, 3.05) is 31.1 Å². The Morgan fingerprint density at radius 2 is 1.85 bits per heavy atom. The highest BCUT2D eigenvalue weighted by Gasteiger charge is 2.29. The number of hydrogen-bond donors (Lipinski definition) is 1. The van der Waals surface area contributed by atoms with Crippen LogP contribution in [0.5, 0.6) is 5.75 Å². The van der Waals surface area contributed by atoms with Gasteiger partial charge in [-0.3, -0.25) is 19.3 Å². The molecule has 0 radical (unpaired) electrons. The lowest BCUT2D eigenvalue weighted by Crippen LogP contribution is -2.46. The van der Waals surface area contributed by atoms with Gasteiger partial charge in [-0.2, -0.15) is 0 Å². The summed E-state index contributed by atoms with van der Waals surface area (Å²) in [5.41, 5.74) is 0.994. The van der Waals surface area contributed by atoms with Crippen LogP contribution in [0.25, 0.3) is 0 Å². The van der Waals surface area contributed by atoms with E-state index in [1.807, 2.05) is 18.7 Å². The number of hydrogen-bond acceptors (Lipinski definition) is 4. The minimum Gasteiger partial charge on any atom is -0.482 e. The number of carbonyl (C=O) groups is 3. The van der Waals surface area contributed by atoms with Crippen LogP contribution in [0, 0.1) is 0 Å². The summed E-state index contributed by atoms with van der Waals surface area (Å²) in [6.45, 7) is 5.05. The molecule has 0 bridgehead atoms. The SMILES string of the molecule is CC(C)NC(=O)CN1C(=O)COc2ccc(C(=O)N3CCCCCC3)cc21. The Labute approximate surface area is 159 Å². The fourth-order valence-electron chi connectivity index (χ4n) is 3.48. The Kier molecular flexibility index (Phi) is 5.98. The number of likely N-dealkylation sites (tertiary alicyclic amines) is 1. The van der Waals surface area contributed by atoms with E-state index in [0.29, 0.717) is 17.0 Å². The van der Waals surface area contributed by atoms with Gasteiger partial charge in [0.2, 0.25) is 5.91 Å². The normalized spacial score (nSPS) is 17.2. The number of ether oxygens (including phenoxy) is 1. The number of fused-ring (bicyclic) bond motifs is 1. The Balaban J connectivity index is 1.83. The minimum absolute atomic E-state index is 0.0101. The molecule has 0 saturated carbocycles. The van der Waals surface area contributed by atoms with Crippen LogP contribution in [0.15, 0.2) is 18.2 Å². The van der Waals surface area contributed by atoms with E-state index in [2.05, 4.69) is 5.32 Å². The topological polar surface area (TPSA) is 79.0 Å². The van der Waals surface area contributed by atoms with Gasteiger partial charge in [-0.25, -0.2) is 0 Å². The van der Waals surface area contributed by atoms with E-state index in [-0.39, 0.29) is 36.9 Å². The van der Waals surface area contributed by atoms with E-state index in [0.717, 1.165) is 38.8 Å². The van der Waals surface area contributed by atoms with Crippen molar-refractivity contribution in [3.63, 3.8) is 0 Å². The van der Waals surface area contributed by atoms with Gasteiger partial charge >= 0.3 is 0 Å². The summed E-state index contributed by atoms with van der Waals surface area (Å²) < 4.78 is 5.48. The Morgan fingerprint density at radius 3 is 2.52 bits per heavy atom. The van der Waals surface area contributed by atoms with E-state index in [1.165, 1.54) is 4.90 Å². The molecule has 2 heterocycles. The molecular formula is C20H27N3O4. The quantitative estimate of drug-likeness (QED) is 0.875. The van der Waals surface area contributed by atoms with Crippen molar-refractivity contribution >= 4 is 23.4 Å². The molecule has 1 fully saturated rings. The van der Waals surface area contributed by atoms with Crippen LogP contribution in [0.2, 0.25) is 0 Å². The maximum atomic E-state index is 12.9. The zero-order valence-electron chi connectivity index (χ0n) is 16.0. The van der Waals surface area contributed by atoms with Gasteiger partial charge in [0.1, 0.15) is 12.3 Å². The first-order chi connectivity index (χ1) is 13.0. The molecule has 2 aliphatic rings. The Hall–Kier alpha value is -2.57. The molecule has 1 N–H and O–H groups in total. The fraction of sp³-hybridized carbons (Fsp3) is 0.550. The van der Waals surface area contributed by atoms with Crippen LogP contribution in [0.1, 0.15) is 49.9 Å². The number of anilines is 1. The van der Waals surface area contributed by atoms with Gasteiger partial charge in [0.15, 0.2) is 6.61 Å². The van der Waals surface area contributed by atoms with Gasteiger partial charge in [0, 0.05) is 24.7 Å². The van der Waals surface area contributed by atoms with E-state index in [4.69, 9.17) is 4.74 Å². The molecule has 0 spiro atoms. The molecule has 1 aromatic carbocycles. The highest BCUT2D eigenvalue weighted by Crippen LogP contribution is 2.33. The first kappa shape index (κ1) is 19.2. The van der Waals surface area contributed by atoms with E-state index < -0.39 is 0 Å². The Bertz CT molecular complexity index is 724. The first-order valence-electron chi connectivity index (χ1n) is 9.61. The van der Waals surface area contributed by atoms with Crippen molar-refractivity contribution in [3.05, 3.63) is 23.8 Å². The fourth-order valence-corrected chi connectivity index (χ4v) is 3.48. The van der Waals surface area contributed by atoms with Crippen molar-refractivity contribution in [2.24, 2.45) is 0 Å².